The molecule has 0 saturated heterocycles. The largest absolute Gasteiger partial charge is 0.507 e. The molecule has 0 unspecified atom stereocenters. The predicted molar refractivity (Wildman–Crippen MR) is 186 cm³/mol. The van der Waals surface area contributed by atoms with Crippen LogP contribution in [-0.2, 0) is 27.7 Å². The Morgan fingerprint density at radius 1 is 0.980 bits per heavy atom. The van der Waals surface area contributed by atoms with Crippen molar-refractivity contribution in [2.45, 2.75) is 58.0 Å². The SMILES string of the molecule is CCOC[C@H](CC(C)C)N(Cc1ccc(N=Nc2ccc(O)c(C(=O)O)c2)cc1)S(=O)(=O)c1ccc(Cc2nccc3[nH]c(C)nc23)cc1. The van der Waals surface area contributed by atoms with Gasteiger partial charge in [0, 0.05) is 31.8 Å². The van der Waals surface area contributed by atoms with Crippen molar-refractivity contribution in [1.82, 2.24) is 19.3 Å². The molecule has 2 aromatic heterocycles. The molecule has 0 radical (unpaired) electrons. The third kappa shape index (κ3) is 8.74. The summed E-state index contributed by atoms with van der Waals surface area (Å²) < 4.78 is 36.0. The Morgan fingerprint density at radius 3 is 2.33 bits per heavy atom. The molecule has 5 aromatic rings. The number of aromatic amines is 1. The maximum absolute atomic E-state index is 14.3. The number of aromatic carboxylic acids is 1. The number of hydrogen-bond acceptors (Lipinski definition) is 9. The number of imidazole rings is 1. The van der Waals surface area contributed by atoms with Gasteiger partial charge in [0.05, 0.1) is 34.1 Å². The highest BCUT2D eigenvalue weighted by molar-refractivity contribution is 7.89. The Bertz CT molecular complexity index is 2040. The highest BCUT2D eigenvalue weighted by atomic mass is 32.2. The molecule has 0 aliphatic heterocycles. The first-order valence-corrected chi connectivity index (χ1v) is 17.4. The molecule has 49 heavy (non-hydrogen) atoms. The van der Waals surface area contributed by atoms with Crippen LogP contribution in [0.2, 0.25) is 0 Å². The zero-order chi connectivity index (χ0) is 35.1. The molecule has 3 aromatic carbocycles. The highest BCUT2D eigenvalue weighted by Gasteiger charge is 2.32. The van der Waals surface area contributed by atoms with Gasteiger partial charge in [0.25, 0.3) is 0 Å². The molecule has 256 valence electrons. The lowest BCUT2D eigenvalue weighted by Crippen LogP contribution is -2.43. The van der Waals surface area contributed by atoms with E-state index in [-0.39, 0.29) is 41.0 Å². The van der Waals surface area contributed by atoms with Crippen LogP contribution in [0.5, 0.6) is 5.75 Å². The van der Waals surface area contributed by atoms with Gasteiger partial charge in [-0.2, -0.15) is 14.5 Å². The van der Waals surface area contributed by atoms with E-state index in [9.17, 15) is 23.4 Å². The molecule has 0 bridgehead atoms. The molecular formula is C36H40N6O6S. The highest BCUT2D eigenvalue weighted by Crippen LogP contribution is 2.28. The number of rotatable bonds is 15. The number of phenols is 1. The third-order valence-electron chi connectivity index (χ3n) is 7.93. The molecule has 0 amide bonds. The van der Waals surface area contributed by atoms with Gasteiger partial charge >= 0.3 is 5.97 Å². The Hall–Kier alpha value is -4.98. The number of carboxylic acid groups (broad SMARTS) is 1. The van der Waals surface area contributed by atoms with Crippen molar-refractivity contribution in [3.05, 3.63) is 107 Å². The number of nitrogens with one attached hydrogen (secondary N) is 1. The van der Waals surface area contributed by atoms with Crippen LogP contribution in [0.1, 0.15) is 60.2 Å². The van der Waals surface area contributed by atoms with Crippen molar-refractivity contribution in [2.24, 2.45) is 16.1 Å². The topological polar surface area (TPSA) is 170 Å². The van der Waals surface area contributed by atoms with E-state index >= 15 is 0 Å². The normalized spacial score (nSPS) is 12.8. The van der Waals surface area contributed by atoms with E-state index in [0.29, 0.717) is 25.1 Å². The average Bonchev–Trinajstić information content (AvgIpc) is 3.47. The molecule has 1 atom stereocenters. The first-order valence-electron chi connectivity index (χ1n) is 16.0. The summed E-state index contributed by atoms with van der Waals surface area (Å²) in [5.74, 6) is -0.611. The lowest BCUT2D eigenvalue weighted by atomic mass is 10.0. The molecule has 0 fully saturated rings. The van der Waals surface area contributed by atoms with Crippen LogP contribution in [0, 0.1) is 12.8 Å². The minimum absolute atomic E-state index is 0.107. The first kappa shape index (κ1) is 35.3. The Labute approximate surface area is 285 Å². The summed E-state index contributed by atoms with van der Waals surface area (Å²) in [7, 11) is -3.96. The quantitative estimate of drug-likeness (QED) is 0.0963. The molecule has 3 N–H and O–H groups in total. The summed E-state index contributed by atoms with van der Waals surface area (Å²) in [6.07, 6.45) is 2.84. The van der Waals surface area contributed by atoms with E-state index < -0.39 is 22.0 Å². The zero-order valence-corrected chi connectivity index (χ0v) is 28.7. The summed E-state index contributed by atoms with van der Waals surface area (Å²) in [4.78, 5) is 23.8. The molecule has 5 rings (SSSR count). The number of fused-ring (bicyclic) bond motifs is 1. The standard InChI is InChI=1S/C36H40N6O6S/c1-5-48-22-29(18-23(2)3)42(21-26-6-10-27(11-7-26)40-41-28-12-15-34(43)31(20-28)36(44)45)49(46,47)30-13-8-25(9-14-30)19-33-35-32(16-17-37-33)38-24(4)39-35/h6-17,20,23,29,43H,5,18-19,21-22H2,1-4H3,(H,38,39)(H,44,45)/t29-/m0/s1. The van der Waals surface area contributed by atoms with Crippen LogP contribution in [-0.4, -0.2) is 63.1 Å². The zero-order valence-electron chi connectivity index (χ0n) is 27.9. The predicted octanol–water partition coefficient (Wildman–Crippen LogP) is 7.32. The van der Waals surface area contributed by atoms with Crippen molar-refractivity contribution < 1.29 is 28.2 Å². The summed E-state index contributed by atoms with van der Waals surface area (Å²) in [5, 5.41) is 27.3. The van der Waals surface area contributed by atoms with Crippen LogP contribution in [0.15, 0.2) is 94.1 Å². The summed E-state index contributed by atoms with van der Waals surface area (Å²) in [5.41, 5.74) is 4.65. The molecular weight excluding hydrogens is 644 g/mol. The van der Waals surface area contributed by atoms with Crippen molar-refractivity contribution in [2.75, 3.05) is 13.2 Å². The number of carbonyl (C=O) groups is 1. The number of pyridine rings is 1. The lowest BCUT2D eigenvalue weighted by Gasteiger charge is -2.32. The lowest BCUT2D eigenvalue weighted by molar-refractivity contribution is 0.0693. The number of aryl methyl sites for hydroxylation is 1. The second-order valence-corrected chi connectivity index (χ2v) is 14.1. The molecule has 0 saturated carbocycles. The van der Waals surface area contributed by atoms with Gasteiger partial charge in [-0.1, -0.05) is 38.1 Å². The number of aromatic nitrogens is 3. The smallest absolute Gasteiger partial charge is 0.339 e. The van der Waals surface area contributed by atoms with Crippen LogP contribution < -0.4 is 0 Å². The Morgan fingerprint density at radius 2 is 1.65 bits per heavy atom. The van der Waals surface area contributed by atoms with Crippen molar-refractivity contribution >= 4 is 38.4 Å². The van der Waals surface area contributed by atoms with E-state index in [1.54, 1.807) is 42.6 Å². The van der Waals surface area contributed by atoms with Crippen molar-refractivity contribution in [1.29, 1.82) is 0 Å². The fourth-order valence-electron chi connectivity index (χ4n) is 5.55. The number of carboxylic acids is 1. The van der Waals surface area contributed by atoms with Gasteiger partial charge in [-0.25, -0.2) is 18.2 Å². The number of sulfonamides is 1. The third-order valence-corrected chi connectivity index (χ3v) is 9.84. The van der Waals surface area contributed by atoms with Crippen LogP contribution in [0.25, 0.3) is 11.0 Å². The number of aromatic hydroxyl groups is 1. The van der Waals surface area contributed by atoms with Crippen molar-refractivity contribution in [3.8, 4) is 5.75 Å². The van der Waals surface area contributed by atoms with Gasteiger partial charge < -0.3 is 19.9 Å². The molecule has 13 heteroatoms. The second-order valence-electron chi connectivity index (χ2n) is 12.2. The minimum Gasteiger partial charge on any atom is -0.507 e. The van der Waals surface area contributed by atoms with Gasteiger partial charge in [-0.3, -0.25) is 4.98 Å². The monoisotopic (exact) mass is 684 g/mol. The van der Waals surface area contributed by atoms with E-state index in [1.807, 2.05) is 32.0 Å². The summed E-state index contributed by atoms with van der Waals surface area (Å²) in [6.45, 7) is 8.71. The first-order chi connectivity index (χ1) is 23.4. The molecule has 2 heterocycles. The number of ether oxygens (including phenoxy) is 1. The fourth-order valence-corrected chi connectivity index (χ4v) is 7.16. The maximum atomic E-state index is 14.3. The van der Waals surface area contributed by atoms with Gasteiger partial charge in [0.1, 0.15) is 22.7 Å². The van der Waals surface area contributed by atoms with E-state index in [4.69, 9.17) is 4.74 Å². The summed E-state index contributed by atoms with van der Waals surface area (Å²) >= 11 is 0. The number of benzene rings is 3. The molecule has 0 spiro atoms. The van der Waals surface area contributed by atoms with Gasteiger partial charge in [0.15, 0.2) is 0 Å². The van der Waals surface area contributed by atoms with Crippen molar-refractivity contribution in [3.63, 3.8) is 0 Å². The van der Waals surface area contributed by atoms with E-state index in [0.717, 1.165) is 33.7 Å². The second kappa shape index (κ2) is 15.5. The molecule has 12 nitrogen and oxygen atoms in total. The average molecular weight is 685 g/mol. The number of hydrogen-bond donors (Lipinski definition) is 3. The maximum Gasteiger partial charge on any atom is 0.339 e. The number of azo groups is 1. The Balaban J connectivity index is 1.39. The summed E-state index contributed by atoms with van der Waals surface area (Å²) in [6, 6.07) is 19.3. The van der Waals surface area contributed by atoms with Crippen LogP contribution in [0.3, 0.4) is 0 Å². The van der Waals surface area contributed by atoms with E-state index in [1.165, 1.54) is 22.5 Å². The minimum atomic E-state index is -3.96. The fraction of sp³-hybridized carbons (Fsp3) is 0.306. The van der Waals surface area contributed by atoms with Gasteiger partial charge in [-0.05, 0) is 85.8 Å². The number of H-pyrrole nitrogens is 1. The Kier molecular flexibility index (Phi) is 11.2. The van der Waals surface area contributed by atoms with E-state index in [2.05, 4.69) is 39.0 Å². The number of nitrogens with zero attached hydrogens (tertiary/aromatic N) is 5. The van der Waals surface area contributed by atoms with Gasteiger partial charge in [-0.15, -0.1) is 0 Å². The van der Waals surface area contributed by atoms with Gasteiger partial charge in [0.2, 0.25) is 10.0 Å². The van der Waals surface area contributed by atoms with Crippen LogP contribution >= 0.6 is 0 Å². The molecule has 0 aliphatic rings. The van der Waals surface area contributed by atoms with Crippen LogP contribution in [0.4, 0.5) is 11.4 Å². The molecule has 0 aliphatic carbocycles.